The number of benzene rings is 1. The van der Waals surface area contributed by atoms with Crippen molar-refractivity contribution in [2.45, 2.75) is 57.5 Å². The zero-order valence-electron chi connectivity index (χ0n) is 15.8. The van der Waals surface area contributed by atoms with Crippen molar-refractivity contribution in [3.8, 4) is 5.75 Å². The molecule has 6 heteroatoms. The van der Waals surface area contributed by atoms with Crippen LogP contribution in [0.25, 0.3) is 0 Å². The Morgan fingerprint density at radius 1 is 1.30 bits per heavy atom. The molecule has 0 saturated heterocycles. The number of rotatable bonds is 4. The minimum Gasteiger partial charge on any atom is -0.494 e. The highest BCUT2D eigenvalue weighted by Gasteiger charge is 2.25. The van der Waals surface area contributed by atoms with Crippen molar-refractivity contribution >= 4 is 0 Å². The van der Waals surface area contributed by atoms with Gasteiger partial charge in [0.1, 0.15) is 5.82 Å². The van der Waals surface area contributed by atoms with E-state index in [4.69, 9.17) is 9.72 Å². The van der Waals surface area contributed by atoms with Gasteiger partial charge in [0.2, 0.25) is 0 Å². The van der Waals surface area contributed by atoms with E-state index in [2.05, 4.69) is 9.88 Å². The number of nitrogens with one attached hydrogen (secondary N) is 1. The third-order valence-corrected chi connectivity index (χ3v) is 5.82. The van der Waals surface area contributed by atoms with Crippen LogP contribution in [0.3, 0.4) is 0 Å². The number of nitrogens with zero attached hydrogens (tertiary/aromatic N) is 2. The van der Waals surface area contributed by atoms with Gasteiger partial charge >= 0.3 is 0 Å². The second kappa shape index (κ2) is 7.80. The Morgan fingerprint density at radius 2 is 2.11 bits per heavy atom. The lowest BCUT2D eigenvalue weighted by molar-refractivity contribution is 0.235. The first-order valence-electron chi connectivity index (χ1n) is 9.81. The Kier molecular flexibility index (Phi) is 5.25. The maximum atomic E-state index is 14.5. The third-order valence-electron chi connectivity index (χ3n) is 5.82. The van der Waals surface area contributed by atoms with Crippen molar-refractivity contribution in [2.24, 2.45) is 0 Å². The number of aromatic amines is 1. The summed E-state index contributed by atoms with van der Waals surface area (Å²) >= 11 is 0. The van der Waals surface area contributed by atoms with Crippen LogP contribution in [0.5, 0.6) is 5.75 Å². The summed E-state index contributed by atoms with van der Waals surface area (Å²) in [6, 6.07) is 5.22. The predicted octanol–water partition coefficient (Wildman–Crippen LogP) is 3.52. The van der Waals surface area contributed by atoms with E-state index in [-0.39, 0.29) is 17.1 Å². The van der Waals surface area contributed by atoms with Gasteiger partial charge in [-0.3, -0.25) is 9.69 Å². The number of fused-ring (bicyclic) bond motifs is 1. The van der Waals surface area contributed by atoms with Crippen LogP contribution in [0.1, 0.15) is 60.7 Å². The first-order chi connectivity index (χ1) is 13.2. The SMILES string of the molecule is COc1cccc(CN2CCc3c(nc(C4CCCCC4)[nH]c3=O)C2)c1F. The number of aromatic nitrogens is 2. The summed E-state index contributed by atoms with van der Waals surface area (Å²) in [4.78, 5) is 22.6. The Balaban J connectivity index is 1.55. The van der Waals surface area contributed by atoms with E-state index in [0.717, 1.165) is 36.5 Å². The van der Waals surface area contributed by atoms with E-state index < -0.39 is 0 Å². The van der Waals surface area contributed by atoms with Crippen molar-refractivity contribution < 1.29 is 9.13 Å². The number of methoxy groups -OCH3 is 1. The lowest BCUT2D eigenvalue weighted by Gasteiger charge is -2.29. The number of H-pyrrole nitrogens is 1. The van der Waals surface area contributed by atoms with Gasteiger partial charge in [0, 0.05) is 36.7 Å². The fourth-order valence-corrected chi connectivity index (χ4v) is 4.29. The van der Waals surface area contributed by atoms with Crippen LogP contribution in [-0.4, -0.2) is 28.5 Å². The van der Waals surface area contributed by atoms with Gasteiger partial charge in [-0.15, -0.1) is 0 Å². The van der Waals surface area contributed by atoms with E-state index >= 15 is 0 Å². The van der Waals surface area contributed by atoms with Crippen LogP contribution in [0.2, 0.25) is 0 Å². The van der Waals surface area contributed by atoms with Gasteiger partial charge in [-0.1, -0.05) is 31.4 Å². The van der Waals surface area contributed by atoms with Crippen LogP contribution < -0.4 is 10.3 Å². The monoisotopic (exact) mass is 371 g/mol. The van der Waals surface area contributed by atoms with E-state index in [1.165, 1.54) is 26.4 Å². The molecule has 0 amide bonds. The molecule has 144 valence electrons. The molecule has 1 fully saturated rings. The van der Waals surface area contributed by atoms with E-state index in [1.807, 2.05) is 0 Å². The molecule has 1 N–H and O–H groups in total. The van der Waals surface area contributed by atoms with Gasteiger partial charge < -0.3 is 9.72 Å². The van der Waals surface area contributed by atoms with Gasteiger partial charge in [0.25, 0.3) is 5.56 Å². The molecule has 4 rings (SSSR count). The summed E-state index contributed by atoms with van der Waals surface area (Å²) < 4.78 is 19.6. The smallest absolute Gasteiger partial charge is 0.254 e. The Labute approximate surface area is 158 Å². The fourth-order valence-electron chi connectivity index (χ4n) is 4.29. The molecule has 1 aliphatic carbocycles. The van der Waals surface area contributed by atoms with Gasteiger partial charge in [0.05, 0.1) is 12.8 Å². The highest BCUT2D eigenvalue weighted by molar-refractivity contribution is 5.31. The Morgan fingerprint density at radius 3 is 2.89 bits per heavy atom. The molecule has 1 saturated carbocycles. The molecule has 0 atom stereocenters. The van der Waals surface area contributed by atoms with Crippen LogP contribution in [0.15, 0.2) is 23.0 Å². The molecule has 5 nitrogen and oxygen atoms in total. The average Bonchev–Trinajstić information content (AvgIpc) is 2.70. The zero-order valence-corrected chi connectivity index (χ0v) is 15.8. The van der Waals surface area contributed by atoms with Crippen LogP contribution in [0, 0.1) is 5.82 Å². The first-order valence-corrected chi connectivity index (χ1v) is 9.81. The summed E-state index contributed by atoms with van der Waals surface area (Å²) in [7, 11) is 1.47. The van der Waals surface area contributed by atoms with Crippen LogP contribution in [-0.2, 0) is 19.5 Å². The van der Waals surface area contributed by atoms with Gasteiger partial charge in [0.15, 0.2) is 11.6 Å². The van der Waals surface area contributed by atoms with Crippen LogP contribution >= 0.6 is 0 Å². The van der Waals surface area contributed by atoms with E-state index in [1.54, 1.807) is 18.2 Å². The summed E-state index contributed by atoms with van der Waals surface area (Å²) in [5.74, 6) is 1.16. The topological polar surface area (TPSA) is 58.2 Å². The Hall–Kier alpha value is -2.21. The number of hydrogen-bond acceptors (Lipinski definition) is 4. The molecule has 1 aromatic heterocycles. The number of halogens is 1. The predicted molar refractivity (Wildman–Crippen MR) is 101 cm³/mol. The lowest BCUT2D eigenvalue weighted by atomic mass is 9.88. The minimum absolute atomic E-state index is 0.00721. The molecular formula is C21H26FN3O2. The van der Waals surface area contributed by atoms with Gasteiger partial charge in [-0.25, -0.2) is 9.37 Å². The second-order valence-corrected chi connectivity index (χ2v) is 7.61. The second-order valence-electron chi connectivity index (χ2n) is 7.61. The summed E-state index contributed by atoms with van der Waals surface area (Å²) in [5.41, 5.74) is 2.26. The first kappa shape index (κ1) is 18.2. The largest absolute Gasteiger partial charge is 0.494 e. The maximum absolute atomic E-state index is 14.5. The zero-order chi connectivity index (χ0) is 18.8. The van der Waals surface area contributed by atoms with Crippen molar-refractivity contribution in [1.29, 1.82) is 0 Å². The van der Waals surface area contributed by atoms with Crippen LogP contribution in [0.4, 0.5) is 4.39 Å². The lowest BCUT2D eigenvalue weighted by Crippen LogP contribution is -2.36. The quantitative estimate of drug-likeness (QED) is 0.893. The molecule has 0 bridgehead atoms. The van der Waals surface area contributed by atoms with Crippen molar-refractivity contribution in [1.82, 2.24) is 14.9 Å². The summed E-state index contributed by atoms with van der Waals surface area (Å²) in [6.07, 6.45) is 6.51. The van der Waals surface area contributed by atoms with Gasteiger partial charge in [-0.2, -0.15) is 0 Å². The highest BCUT2D eigenvalue weighted by atomic mass is 19.1. The van der Waals surface area contributed by atoms with Gasteiger partial charge in [-0.05, 0) is 25.3 Å². The standard InChI is InChI=1S/C21H26FN3O2/c1-27-18-9-5-8-15(19(18)22)12-25-11-10-16-17(13-25)23-20(24-21(16)26)14-6-3-2-4-7-14/h5,8-9,14H,2-4,6-7,10-13H2,1H3,(H,23,24,26). The number of hydrogen-bond donors (Lipinski definition) is 1. The molecule has 2 heterocycles. The molecule has 2 aliphatic rings. The van der Waals surface area contributed by atoms with Crippen molar-refractivity contribution in [2.75, 3.05) is 13.7 Å². The molecule has 1 aromatic carbocycles. The summed E-state index contributed by atoms with van der Waals surface area (Å²) in [5, 5.41) is 0. The molecular weight excluding hydrogens is 345 g/mol. The highest BCUT2D eigenvalue weighted by Crippen LogP contribution is 2.31. The van der Waals surface area contributed by atoms with Crippen molar-refractivity contribution in [3.05, 3.63) is 57.0 Å². The normalized spacial score (nSPS) is 18.3. The average molecular weight is 371 g/mol. The van der Waals surface area contributed by atoms with Crippen molar-refractivity contribution in [3.63, 3.8) is 0 Å². The van der Waals surface area contributed by atoms with E-state index in [9.17, 15) is 9.18 Å². The molecule has 0 spiro atoms. The maximum Gasteiger partial charge on any atom is 0.254 e. The third kappa shape index (κ3) is 3.76. The number of ether oxygens (including phenoxy) is 1. The molecule has 0 radical (unpaired) electrons. The molecule has 0 unspecified atom stereocenters. The molecule has 1 aliphatic heterocycles. The Bertz CT molecular complexity index is 874. The fraction of sp³-hybridized carbons (Fsp3) is 0.524. The minimum atomic E-state index is -0.312. The summed E-state index contributed by atoms with van der Waals surface area (Å²) in [6.45, 7) is 1.78. The van der Waals surface area contributed by atoms with E-state index in [0.29, 0.717) is 31.0 Å². The molecule has 2 aromatic rings. The molecule has 27 heavy (non-hydrogen) atoms.